The molecule has 1 heterocycles. The van der Waals surface area contributed by atoms with Crippen LogP contribution in [0.15, 0.2) is 29.1 Å². The van der Waals surface area contributed by atoms with Crippen molar-refractivity contribution in [1.82, 2.24) is 4.57 Å². The number of nitrogens with zero attached hydrogens (tertiary/aromatic N) is 1. The molecular formula is C18H19NO8. The number of aromatic hydroxyl groups is 2. The number of ether oxygens (including phenoxy) is 1. The van der Waals surface area contributed by atoms with Crippen LogP contribution in [0.4, 0.5) is 0 Å². The van der Waals surface area contributed by atoms with E-state index in [0.29, 0.717) is 5.56 Å². The van der Waals surface area contributed by atoms with Crippen LogP contribution < -0.4 is 10.3 Å². The van der Waals surface area contributed by atoms with Crippen LogP contribution >= 0.6 is 0 Å². The normalized spacial score (nSPS) is 11.8. The summed E-state index contributed by atoms with van der Waals surface area (Å²) in [4.78, 5) is 35.2. The molecule has 4 N–H and O–H groups in total. The molecule has 0 aliphatic carbocycles. The molecular weight excluding hydrogens is 358 g/mol. The van der Waals surface area contributed by atoms with Crippen molar-refractivity contribution in [3.05, 3.63) is 51.4 Å². The second kappa shape index (κ2) is 7.81. The molecule has 1 aromatic heterocycles. The van der Waals surface area contributed by atoms with Gasteiger partial charge in [0.1, 0.15) is 12.3 Å². The number of rotatable bonds is 7. The van der Waals surface area contributed by atoms with Crippen LogP contribution in [0.25, 0.3) is 0 Å². The van der Waals surface area contributed by atoms with Gasteiger partial charge in [-0.15, -0.1) is 0 Å². The van der Waals surface area contributed by atoms with Crippen LogP contribution in [0.5, 0.6) is 17.2 Å². The van der Waals surface area contributed by atoms with Gasteiger partial charge in [-0.3, -0.25) is 14.4 Å². The summed E-state index contributed by atoms with van der Waals surface area (Å²) in [5, 5.41) is 38.3. The lowest BCUT2D eigenvalue weighted by Gasteiger charge is -2.20. The minimum atomic E-state index is -1.25. The van der Waals surface area contributed by atoms with Gasteiger partial charge in [-0.1, -0.05) is 6.07 Å². The maximum absolute atomic E-state index is 12.8. The predicted molar refractivity (Wildman–Crippen MR) is 93.5 cm³/mol. The molecule has 0 saturated carbocycles. The quantitative estimate of drug-likeness (QED) is 0.564. The van der Waals surface area contributed by atoms with Crippen molar-refractivity contribution in [3.63, 3.8) is 0 Å². The average Bonchev–Trinajstić information content (AvgIpc) is 2.57. The number of aromatic nitrogens is 1. The van der Waals surface area contributed by atoms with Crippen LogP contribution in [0, 0.1) is 6.92 Å². The van der Waals surface area contributed by atoms with Gasteiger partial charge in [0.2, 0.25) is 0 Å². The highest BCUT2D eigenvalue weighted by Crippen LogP contribution is 2.36. The number of methoxy groups -OCH3 is 1. The first-order valence-electron chi connectivity index (χ1n) is 7.89. The molecule has 2 rings (SSSR count). The molecule has 144 valence electrons. The van der Waals surface area contributed by atoms with Gasteiger partial charge in [-0.2, -0.15) is 0 Å². The molecule has 1 aromatic carbocycles. The minimum absolute atomic E-state index is 0.0698. The molecule has 27 heavy (non-hydrogen) atoms. The van der Waals surface area contributed by atoms with E-state index in [-0.39, 0.29) is 22.8 Å². The zero-order chi connectivity index (χ0) is 20.3. The number of carboxylic acid groups (broad SMARTS) is 2. The van der Waals surface area contributed by atoms with Gasteiger partial charge < -0.3 is 29.7 Å². The molecule has 0 fully saturated rings. The molecule has 0 radical (unpaired) electrons. The molecule has 1 atom stereocenters. The minimum Gasteiger partial charge on any atom is -0.507 e. The summed E-state index contributed by atoms with van der Waals surface area (Å²) in [7, 11) is 1.31. The smallest absolute Gasteiger partial charge is 0.323 e. The van der Waals surface area contributed by atoms with Crippen LogP contribution in [0.1, 0.15) is 29.2 Å². The van der Waals surface area contributed by atoms with Crippen molar-refractivity contribution >= 4 is 11.9 Å². The molecule has 0 aliphatic rings. The monoisotopic (exact) mass is 377 g/mol. The van der Waals surface area contributed by atoms with Crippen molar-refractivity contribution in [2.75, 3.05) is 7.11 Å². The Morgan fingerprint density at radius 3 is 2.33 bits per heavy atom. The van der Waals surface area contributed by atoms with Crippen molar-refractivity contribution in [3.8, 4) is 17.2 Å². The Morgan fingerprint density at radius 1 is 1.11 bits per heavy atom. The van der Waals surface area contributed by atoms with Gasteiger partial charge in [-0.25, -0.2) is 0 Å². The molecule has 0 amide bonds. The fraction of sp³-hybridized carbons (Fsp3) is 0.278. The van der Waals surface area contributed by atoms with E-state index < -0.39 is 42.1 Å². The molecule has 0 unspecified atom stereocenters. The van der Waals surface area contributed by atoms with E-state index in [4.69, 9.17) is 9.84 Å². The van der Waals surface area contributed by atoms with Gasteiger partial charge in [0.15, 0.2) is 11.5 Å². The summed E-state index contributed by atoms with van der Waals surface area (Å²) in [6.07, 6.45) is -0.535. The van der Waals surface area contributed by atoms with E-state index >= 15 is 0 Å². The van der Waals surface area contributed by atoms with E-state index in [1.807, 2.05) is 0 Å². The van der Waals surface area contributed by atoms with Crippen LogP contribution in [-0.4, -0.2) is 44.0 Å². The van der Waals surface area contributed by atoms with Gasteiger partial charge in [0, 0.05) is 11.6 Å². The number of aryl methyl sites for hydroxylation is 1. The van der Waals surface area contributed by atoms with E-state index in [1.165, 1.54) is 38.3 Å². The summed E-state index contributed by atoms with van der Waals surface area (Å²) in [6, 6.07) is 5.27. The van der Waals surface area contributed by atoms with E-state index in [2.05, 4.69) is 0 Å². The summed E-state index contributed by atoms with van der Waals surface area (Å²) in [5.41, 5.74) is -0.503. The average molecular weight is 377 g/mol. The standard InChI is InChI=1S/C18H19NO8/c1-9-5-13(21)17(18(26)19(9)8-16(24)25)11(7-15(22)23)10-3-4-12(20)14(6-10)27-2/h3-6,11,20-21H,7-8H2,1-2H3,(H,22,23)(H,24,25)/t11-/m0/s1. The topological polar surface area (TPSA) is 146 Å². The molecule has 0 spiro atoms. The van der Waals surface area contributed by atoms with Gasteiger partial charge >= 0.3 is 11.9 Å². The van der Waals surface area contributed by atoms with Crippen molar-refractivity contribution in [2.45, 2.75) is 25.8 Å². The SMILES string of the molecule is COc1cc([C@H](CC(=O)O)c2c(O)cc(C)n(CC(=O)O)c2=O)ccc1O. The fourth-order valence-corrected chi connectivity index (χ4v) is 2.90. The Kier molecular flexibility index (Phi) is 5.74. The number of carboxylic acids is 2. The van der Waals surface area contributed by atoms with Crippen molar-refractivity contribution in [1.29, 1.82) is 0 Å². The first-order valence-corrected chi connectivity index (χ1v) is 7.89. The van der Waals surface area contributed by atoms with Crippen LogP contribution in [0.2, 0.25) is 0 Å². The molecule has 9 heteroatoms. The Labute approximate surface area is 153 Å². The molecule has 0 saturated heterocycles. The summed E-state index contributed by atoms with van der Waals surface area (Å²) in [5.74, 6) is -4.09. The van der Waals surface area contributed by atoms with Gasteiger partial charge in [-0.05, 0) is 30.7 Å². The maximum Gasteiger partial charge on any atom is 0.323 e. The third-order valence-corrected chi connectivity index (χ3v) is 4.15. The van der Waals surface area contributed by atoms with Gasteiger partial charge in [0.25, 0.3) is 5.56 Å². The number of aliphatic carboxylic acids is 2. The highest BCUT2D eigenvalue weighted by molar-refractivity contribution is 5.70. The third kappa shape index (κ3) is 4.20. The fourth-order valence-electron chi connectivity index (χ4n) is 2.90. The highest BCUT2D eigenvalue weighted by atomic mass is 16.5. The van der Waals surface area contributed by atoms with E-state index in [1.54, 1.807) is 0 Å². The number of phenols is 1. The number of carbonyl (C=O) groups is 2. The molecule has 0 bridgehead atoms. The second-order valence-corrected chi connectivity index (χ2v) is 5.95. The highest BCUT2D eigenvalue weighted by Gasteiger charge is 2.27. The Balaban J connectivity index is 2.72. The molecule has 9 nitrogen and oxygen atoms in total. The van der Waals surface area contributed by atoms with Gasteiger partial charge in [0.05, 0.1) is 19.1 Å². The van der Waals surface area contributed by atoms with Crippen LogP contribution in [0.3, 0.4) is 0 Å². The van der Waals surface area contributed by atoms with Crippen LogP contribution in [-0.2, 0) is 16.1 Å². The molecule has 0 aliphatic heterocycles. The summed E-state index contributed by atoms with van der Waals surface area (Å²) in [6.45, 7) is 0.834. The van der Waals surface area contributed by atoms with E-state index in [0.717, 1.165) is 4.57 Å². The Morgan fingerprint density at radius 2 is 1.78 bits per heavy atom. The zero-order valence-corrected chi connectivity index (χ0v) is 14.7. The molecule has 2 aromatic rings. The van der Waals surface area contributed by atoms with Crippen molar-refractivity contribution in [2.24, 2.45) is 0 Å². The lowest BCUT2D eigenvalue weighted by molar-refractivity contribution is -0.138. The number of pyridine rings is 1. The number of hydrogen-bond donors (Lipinski definition) is 4. The summed E-state index contributed by atoms with van der Waals surface area (Å²) >= 11 is 0. The Hall–Kier alpha value is -3.49. The number of hydrogen-bond acceptors (Lipinski definition) is 6. The maximum atomic E-state index is 12.8. The summed E-state index contributed by atoms with van der Waals surface area (Å²) < 4.78 is 5.96. The first kappa shape index (κ1) is 19.8. The zero-order valence-electron chi connectivity index (χ0n) is 14.7. The number of benzene rings is 1. The predicted octanol–water partition coefficient (Wildman–Crippen LogP) is 1.27. The Bertz CT molecular complexity index is 947. The van der Waals surface area contributed by atoms with Crippen molar-refractivity contribution < 1.29 is 34.8 Å². The number of phenolic OH excluding ortho intramolecular Hbond substituents is 1. The van der Waals surface area contributed by atoms with E-state index in [9.17, 15) is 29.7 Å². The first-order chi connectivity index (χ1) is 12.6. The largest absolute Gasteiger partial charge is 0.507 e. The lowest BCUT2D eigenvalue weighted by atomic mass is 9.88. The third-order valence-electron chi connectivity index (χ3n) is 4.15. The second-order valence-electron chi connectivity index (χ2n) is 5.95. The lowest BCUT2D eigenvalue weighted by Crippen LogP contribution is -2.30.